The molecule has 0 aliphatic carbocycles. The number of aliphatic hydroxyl groups is 1. The minimum absolute atomic E-state index is 0.0730. The second-order valence-corrected chi connectivity index (χ2v) is 4.04. The van der Waals surface area contributed by atoms with E-state index in [1.54, 1.807) is 7.11 Å². The molecule has 1 heterocycles. The van der Waals surface area contributed by atoms with Crippen molar-refractivity contribution >= 4 is 0 Å². The molecule has 5 atom stereocenters. The number of hydrogen-bond acceptors (Lipinski definition) is 3. The van der Waals surface area contributed by atoms with Gasteiger partial charge in [0.05, 0.1) is 12.7 Å². The summed E-state index contributed by atoms with van der Waals surface area (Å²) in [6.07, 6.45) is -0.237. The van der Waals surface area contributed by atoms with Crippen LogP contribution in [0.1, 0.15) is 20.8 Å². The first kappa shape index (κ1) is 11.0. The lowest BCUT2D eigenvalue weighted by Crippen LogP contribution is -2.46. The van der Waals surface area contributed by atoms with Gasteiger partial charge in [0.2, 0.25) is 0 Å². The standard InChI is InChI=1S/C10H20O3/c1-6-7(2)9(5-11)13-10(12-4)8(6)3/h6-11H,5H2,1-4H3/t6-,7+,8?,9?,10-/m0/s1. The molecule has 0 amide bonds. The predicted octanol–water partition coefficient (Wildman–Crippen LogP) is 1.26. The topological polar surface area (TPSA) is 38.7 Å². The molecular weight excluding hydrogens is 168 g/mol. The zero-order valence-electron chi connectivity index (χ0n) is 8.86. The Hall–Kier alpha value is -0.120. The number of hydrogen-bond donors (Lipinski definition) is 1. The minimum atomic E-state index is -0.164. The molecule has 13 heavy (non-hydrogen) atoms. The molecule has 0 radical (unpaired) electrons. The van der Waals surface area contributed by atoms with Crippen LogP contribution in [-0.2, 0) is 9.47 Å². The van der Waals surface area contributed by atoms with Crippen molar-refractivity contribution in [2.75, 3.05) is 13.7 Å². The molecule has 0 aromatic rings. The average molecular weight is 188 g/mol. The fourth-order valence-corrected chi connectivity index (χ4v) is 1.96. The van der Waals surface area contributed by atoms with Crippen molar-refractivity contribution in [3.8, 4) is 0 Å². The van der Waals surface area contributed by atoms with Crippen molar-refractivity contribution in [1.82, 2.24) is 0 Å². The molecule has 1 saturated heterocycles. The van der Waals surface area contributed by atoms with Crippen LogP contribution in [0.15, 0.2) is 0 Å². The lowest BCUT2D eigenvalue weighted by Gasteiger charge is -2.42. The van der Waals surface area contributed by atoms with E-state index >= 15 is 0 Å². The van der Waals surface area contributed by atoms with E-state index in [0.29, 0.717) is 17.8 Å². The Morgan fingerprint density at radius 3 is 2.23 bits per heavy atom. The van der Waals surface area contributed by atoms with Crippen LogP contribution in [-0.4, -0.2) is 31.2 Å². The van der Waals surface area contributed by atoms with E-state index in [2.05, 4.69) is 20.8 Å². The summed E-state index contributed by atoms with van der Waals surface area (Å²) in [5.41, 5.74) is 0. The van der Waals surface area contributed by atoms with Gasteiger partial charge < -0.3 is 14.6 Å². The van der Waals surface area contributed by atoms with Gasteiger partial charge in [-0.3, -0.25) is 0 Å². The molecule has 0 spiro atoms. The molecule has 3 heteroatoms. The first-order chi connectivity index (χ1) is 6.11. The van der Waals surface area contributed by atoms with Crippen molar-refractivity contribution in [2.24, 2.45) is 17.8 Å². The summed E-state index contributed by atoms with van der Waals surface area (Å²) in [5, 5.41) is 9.10. The van der Waals surface area contributed by atoms with Gasteiger partial charge in [0.1, 0.15) is 0 Å². The van der Waals surface area contributed by atoms with Crippen molar-refractivity contribution in [3.05, 3.63) is 0 Å². The maximum atomic E-state index is 9.10. The van der Waals surface area contributed by atoms with Crippen molar-refractivity contribution < 1.29 is 14.6 Å². The summed E-state index contributed by atoms with van der Waals surface area (Å²) in [6, 6.07) is 0. The second kappa shape index (κ2) is 4.40. The SMILES string of the molecule is CO[C@H]1OC(CO)[C@H](C)[C@H](C)C1C. The van der Waals surface area contributed by atoms with Crippen LogP contribution in [0.5, 0.6) is 0 Å². The summed E-state index contributed by atoms with van der Waals surface area (Å²) in [4.78, 5) is 0. The van der Waals surface area contributed by atoms with Crippen LogP contribution >= 0.6 is 0 Å². The Labute approximate surface area is 80.0 Å². The molecular formula is C10H20O3. The molecule has 1 fully saturated rings. The predicted molar refractivity (Wildman–Crippen MR) is 50.2 cm³/mol. The molecule has 0 aromatic carbocycles. The molecule has 0 saturated carbocycles. The van der Waals surface area contributed by atoms with Gasteiger partial charge in [-0.15, -0.1) is 0 Å². The Bertz CT molecular complexity index is 140. The summed E-state index contributed by atoms with van der Waals surface area (Å²) in [7, 11) is 1.65. The van der Waals surface area contributed by atoms with Gasteiger partial charge in [-0.05, 0) is 11.8 Å². The van der Waals surface area contributed by atoms with Crippen LogP contribution in [0.25, 0.3) is 0 Å². The highest BCUT2D eigenvalue weighted by molar-refractivity contribution is 4.82. The Kier molecular flexibility index (Phi) is 3.71. The third-order valence-electron chi connectivity index (χ3n) is 3.40. The highest BCUT2D eigenvalue weighted by atomic mass is 16.7. The molecule has 0 bridgehead atoms. The Balaban J connectivity index is 2.66. The van der Waals surface area contributed by atoms with Gasteiger partial charge in [0, 0.05) is 13.0 Å². The first-order valence-electron chi connectivity index (χ1n) is 4.91. The average Bonchev–Trinajstić information content (AvgIpc) is 2.15. The Morgan fingerprint density at radius 1 is 1.15 bits per heavy atom. The van der Waals surface area contributed by atoms with Crippen LogP contribution in [0.4, 0.5) is 0 Å². The molecule has 1 aliphatic rings. The van der Waals surface area contributed by atoms with Crippen molar-refractivity contribution in [2.45, 2.75) is 33.2 Å². The van der Waals surface area contributed by atoms with Crippen LogP contribution in [0.2, 0.25) is 0 Å². The number of aliphatic hydroxyl groups excluding tert-OH is 1. The monoisotopic (exact) mass is 188 g/mol. The molecule has 0 aromatic heterocycles. The fraction of sp³-hybridized carbons (Fsp3) is 1.00. The molecule has 1 N–H and O–H groups in total. The summed E-state index contributed by atoms with van der Waals surface area (Å²) in [6.45, 7) is 6.52. The maximum Gasteiger partial charge on any atom is 0.160 e. The van der Waals surface area contributed by atoms with Gasteiger partial charge in [-0.1, -0.05) is 20.8 Å². The van der Waals surface area contributed by atoms with Gasteiger partial charge in [-0.2, -0.15) is 0 Å². The van der Waals surface area contributed by atoms with E-state index in [1.807, 2.05) is 0 Å². The fourth-order valence-electron chi connectivity index (χ4n) is 1.96. The molecule has 3 nitrogen and oxygen atoms in total. The minimum Gasteiger partial charge on any atom is -0.394 e. The van der Waals surface area contributed by atoms with Gasteiger partial charge >= 0.3 is 0 Å². The third-order valence-corrected chi connectivity index (χ3v) is 3.40. The molecule has 2 unspecified atom stereocenters. The molecule has 1 aliphatic heterocycles. The third kappa shape index (κ3) is 2.03. The molecule has 78 valence electrons. The zero-order chi connectivity index (χ0) is 10.0. The van der Waals surface area contributed by atoms with Gasteiger partial charge in [0.15, 0.2) is 6.29 Å². The van der Waals surface area contributed by atoms with E-state index in [-0.39, 0.29) is 19.0 Å². The van der Waals surface area contributed by atoms with E-state index in [1.165, 1.54) is 0 Å². The summed E-state index contributed by atoms with van der Waals surface area (Å²) in [5.74, 6) is 1.31. The first-order valence-corrected chi connectivity index (χ1v) is 4.91. The lowest BCUT2D eigenvalue weighted by atomic mass is 9.79. The van der Waals surface area contributed by atoms with E-state index in [0.717, 1.165) is 0 Å². The van der Waals surface area contributed by atoms with E-state index in [9.17, 15) is 0 Å². The quantitative estimate of drug-likeness (QED) is 0.709. The summed E-state index contributed by atoms with van der Waals surface area (Å²) < 4.78 is 10.8. The number of methoxy groups -OCH3 is 1. The largest absolute Gasteiger partial charge is 0.394 e. The Morgan fingerprint density at radius 2 is 1.77 bits per heavy atom. The molecule has 1 rings (SSSR count). The van der Waals surface area contributed by atoms with Crippen molar-refractivity contribution in [3.63, 3.8) is 0 Å². The van der Waals surface area contributed by atoms with Crippen LogP contribution in [0.3, 0.4) is 0 Å². The highest BCUT2D eigenvalue weighted by Crippen LogP contribution is 2.34. The van der Waals surface area contributed by atoms with E-state index < -0.39 is 0 Å². The number of rotatable bonds is 2. The van der Waals surface area contributed by atoms with Crippen molar-refractivity contribution in [1.29, 1.82) is 0 Å². The van der Waals surface area contributed by atoms with Crippen LogP contribution in [0, 0.1) is 17.8 Å². The van der Waals surface area contributed by atoms with Crippen LogP contribution < -0.4 is 0 Å². The van der Waals surface area contributed by atoms with Gasteiger partial charge in [0.25, 0.3) is 0 Å². The normalized spacial score (nSPS) is 46.4. The number of ether oxygens (including phenoxy) is 2. The maximum absolute atomic E-state index is 9.10. The highest BCUT2D eigenvalue weighted by Gasteiger charge is 2.38. The van der Waals surface area contributed by atoms with E-state index in [4.69, 9.17) is 14.6 Å². The zero-order valence-corrected chi connectivity index (χ0v) is 8.86. The van der Waals surface area contributed by atoms with Gasteiger partial charge in [-0.25, -0.2) is 0 Å². The smallest absolute Gasteiger partial charge is 0.160 e. The second-order valence-electron chi connectivity index (χ2n) is 4.04. The summed E-state index contributed by atoms with van der Waals surface area (Å²) >= 11 is 0. The lowest BCUT2D eigenvalue weighted by molar-refractivity contribution is -0.244.